The molecule has 1 atom stereocenters. The number of benzene rings is 1. The van der Waals surface area contributed by atoms with Gasteiger partial charge in [-0.25, -0.2) is 0 Å². The summed E-state index contributed by atoms with van der Waals surface area (Å²) in [6.07, 6.45) is 3.61. The van der Waals surface area contributed by atoms with Gasteiger partial charge in [-0.2, -0.15) is 0 Å². The Morgan fingerprint density at radius 2 is 2.14 bits per heavy atom. The molecule has 5 heteroatoms. The monoisotopic (exact) mass is 359 g/mol. The Balaban J connectivity index is 1.88. The Morgan fingerprint density at radius 1 is 1.27 bits per heavy atom. The molecule has 1 aromatic heterocycles. The predicted molar refractivity (Wildman–Crippen MR) is 90.7 cm³/mol. The minimum Gasteiger partial charge on any atom is -0.367 e. The van der Waals surface area contributed by atoms with Gasteiger partial charge < -0.3 is 9.80 Å². The summed E-state index contributed by atoms with van der Waals surface area (Å²) in [4.78, 5) is 20.4. The van der Waals surface area contributed by atoms with Gasteiger partial charge in [-0.3, -0.25) is 9.78 Å². The zero-order valence-corrected chi connectivity index (χ0v) is 14.0. The van der Waals surface area contributed by atoms with Gasteiger partial charge in [0.15, 0.2) is 0 Å². The second kappa shape index (κ2) is 6.48. The van der Waals surface area contributed by atoms with Crippen LogP contribution < -0.4 is 4.90 Å². The van der Waals surface area contributed by atoms with Crippen LogP contribution in [-0.2, 0) is 4.79 Å². The molecule has 0 bridgehead atoms. The molecule has 1 aliphatic rings. The average molecular weight is 360 g/mol. The van der Waals surface area contributed by atoms with Gasteiger partial charge in [0.2, 0.25) is 5.91 Å². The highest BCUT2D eigenvalue weighted by Crippen LogP contribution is 2.29. The summed E-state index contributed by atoms with van der Waals surface area (Å²) < 4.78 is 1.07. The molecule has 3 rings (SSSR count). The largest absolute Gasteiger partial charge is 0.367 e. The molecule has 114 valence electrons. The molecule has 2 heterocycles. The fraction of sp³-hybridized carbons (Fsp3) is 0.294. The molecule has 2 aromatic rings. The van der Waals surface area contributed by atoms with Crippen LogP contribution >= 0.6 is 15.9 Å². The van der Waals surface area contributed by atoms with Gasteiger partial charge in [0.25, 0.3) is 0 Å². The average Bonchev–Trinajstić information content (AvgIpc) is 2.55. The van der Waals surface area contributed by atoms with Crippen LogP contribution in [-0.4, -0.2) is 35.4 Å². The highest BCUT2D eigenvalue weighted by molar-refractivity contribution is 9.10. The van der Waals surface area contributed by atoms with Crippen LogP contribution in [0.3, 0.4) is 0 Å². The normalized spacial score (nSPS) is 18.4. The maximum atomic E-state index is 12.0. The maximum Gasteiger partial charge on any atom is 0.220 e. The lowest BCUT2D eigenvalue weighted by Gasteiger charge is -2.42. The van der Waals surface area contributed by atoms with Crippen molar-refractivity contribution < 1.29 is 4.79 Å². The lowest BCUT2D eigenvalue weighted by atomic mass is 10.0. The lowest BCUT2D eigenvalue weighted by Crippen LogP contribution is -2.50. The minimum absolute atomic E-state index is 0.0407. The van der Waals surface area contributed by atoms with Crippen LogP contribution in [0.25, 0.3) is 0 Å². The van der Waals surface area contributed by atoms with Crippen molar-refractivity contribution in [3.05, 3.63) is 58.8 Å². The van der Waals surface area contributed by atoms with Gasteiger partial charge in [0.05, 0.1) is 6.04 Å². The van der Waals surface area contributed by atoms with E-state index < -0.39 is 0 Å². The number of hydrogen-bond acceptors (Lipinski definition) is 3. The van der Waals surface area contributed by atoms with E-state index in [1.54, 1.807) is 13.1 Å². The van der Waals surface area contributed by atoms with E-state index in [2.05, 4.69) is 37.9 Å². The molecule has 22 heavy (non-hydrogen) atoms. The van der Waals surface area contributed by atoms with Gasteiger partial charge in [-0.15, -0.1) is 0 Å². The van der Waals surface area contributed by atoms with Gasteiger partial charge in [0, 0.05) is 49.1 Å². The van der Waals surface area contributed by atoms with Crippen LogP contribution in [0.15, 0.2) is 53.3 Å². The van der Waals surface area contributed by atoms with E-state index in [0.29, 0.717) is 0 Å². The fourth-order valence-corrected chi connectivity index (χ4v) is 3.31. The first-order valence-electron chi connectivity index (χ1n) is 7.33. The number of anilines is 1. The zero-order chi connectivity index (χ0) is 15.5. The van der Waals surface area contributed by atoms with Crippen molar-refractivity contribution in [2.24, 2.45) is 0 Å². The first-order chi connectivity index (χ1) is 10.6. The Morgan fingerprint density at radius 3 is 2.82 bits per heavy atom. The number of rotatable bonds is 2. The van der Waals surface area contributed by atoms with Crippen molar-refractivity contribution >= 4 is 27.5 Å². The number of hydrogen-bond donors (Lipinski definition) is 0. The molecule has 1 amide bonds. The predicted octanol–water partition coefficient (Wildman–Crippen LogP) is 3.25. The third-order valence-electron chi connectivity index (χ3n) is 4.03. The number of piperazine rings is 1. The zero-order valence-electron chi connectivity index (χ0n) is 12.4. The number of nitrogens with zero attached hydrogens (tertiary/aromatic N) is 3. The third-order valence-corrected chi connectivity index (χ3v) is 4.52. The smallest absolute Gasteiger partial charge is 0.220 e. The molecule has 0 spiro atoms. The molecular formula is C17H18BrN3O. The highest BCUT2D eigenvalue weighted by Gasteiger charge is 2.30. The molecule has 4 nitrogen and oxygen atoms in total. The summed E-state index contributed by atoms with van der Waals surface area (Å²) in [6.45, 7) is 3.98. The molecule has 0 N–H and O–H groups in total. The van der Waals surface area contributed by atoms with E-state index in [4.69, 9.17) is 0 Å². The van der Waals surface area contributed by atoms with Gasteiger partial charge in [-0.1, -0.05) is 28.1 Å². The Kier molecular flexibility index (Phi) is 4.43. The molecule has 1 fully saturated rings. The topological polar surface area (TPSA) is 36.4 Å². The minimum atomic E-state index is 0.0407. The molecule has 1 aliphatic heterocycles. The van der Waals surface area contributed by atoms with Gasteiger partial charge >= 0.3 is 0 Å². The molecule has 0 aliphatic carbocycles. The van der Waals surface area contributed by atoms with E-state index in [9.17, 15) is 4.79 Å². The summed E-state index contributed by atoms with van der Waals surface area (Å²) in [5.41, 5.74) is 2.25. The van der Waals surface area contributed by atoms with Crippen molar-refractivity contribution in [1.29, 1.82) is 0 Å². The number of carbonyl (C=O) groups excluding carboxylic acids is 1. The lowest BCUT2D eigenvalue weighted by molar-refractivity contribution is -0.131. The highest BCUT2D eigenvalue weighted by atomic mass is 79.9. The van der Waals surface area contributed by atoms with E-state index in [1.807, 2.05) is 35.4 Å². The first kappa shape index (κ1) is 15.0. The summed E-state index contributed by atoms with van der Waals surface area (Å²) in [7, 11) is 0. The summed E-state index contributed by atoms with van der Waals surface area (Å²) in [6, 6.07) is 12.3. The SMILES string of the molecule is CC(=O)N1CCN(c2cccc(Br)c2)CC1c1cccnc1. The van der Waals surface area contributed by atoms with Gasteiger partial charge in [0.1, 0.15) is 0 Å². The van der Waals surface area contributed by atoms with E-state index in [-0.39, 0.29) is 11.9 Å². The van der Waals surface area contributed by atoms with Crippen molar-refractivity contribution in [2.75, 3.05) is 24.5 Å². The second-order valence-corrected chi connectivity index (χ2v) is 6.36. The summed E-state index contributed by atoms with van der Waals surface area (Å²) in [5.74, 6) is 0.114. The molecule has 1 unspecified atom stereocenters. The van der Waals surface area contributed by atoms with Crippen molar-refractivity contribution in [1.82, 2.24) is 9.88 Å². The standard InChI is InChI=1S/C17H18BrN3O/c1-13(22)21-9-8-20(16-6-2-5-15(18)10-16)12-17(21)14-4-3-7-19-11-14/h2-7,10-11,17H,8-9,12H2,1H3. The number of amides is 1. The molecule has 0 radical (unpaired) electrons. The quantitative estimate of drug-likeness (QED) is 0.825. The van der Waals surface area contributed by atoms with Gasteiger partial charge in [-0.05, 0) is 29.8 Å². The van der Waals surface area contributed by atoms with Crippen LogP contribution in [0, 0.1) is 0 Å². The second-order valence-electron chi connectivity index (χ2n) is 5.44. The Hall–Kier alpha value is -1.88. The van der Waals surface area contributed by atoms with E-state index in [0.717, 1.165) is 29.7 Å². The Labute approximate surface area is 138 Å². The number of aromatic nitrogens is 1. The third kappa shape index (κ3) is 3.14. The fourth-order valence-electron chi connectivity index (χ4n) is 2.93. The van der Waals surface area contributed by atoms with Crippen LogP contribution in [0.5, 0.6) is 0 Å². The van der Waals surface area contributed by atoms with E-state index >= 15 is 0 Å². The molecule has 0 saturated carbocycles. The van der Waals surface area contributed by atoms with Crippen molar-refractivity contribution in [3.8, 4) is 0 Å². The number of pyridine rings is 1. The molecule has 1 saturated heterocycles. The van der Waals surface area contributed by atoms with Crippen LogP contribution in [0.2, 0.25) is 0 Å². The van der Waals surface area contributed by atoms with E-state index in [1.165, 1.54) is 5.69 Å². The molecule has 1 aromatic carbocycles. The molecular weight excluding hydrogens is 342 g/mol. The van der Waals surface area contributed by atoms with Crippen LogP contribution in [0.4, 0.5) is 5.69 Å². The maximum absolute atomic E-state index is 12.0. The van der Waals surface area contributed by atoms with Crippen molar-refractivity contribution in [3.63, 3.8) is 0 Å². The Bertz CT molecular complexity index is 662. The number of halogens is 1. The number of carbonyl (C=O) groups is 1. The first-order valence-corrected chi connectivity index (χ1v) is 8.12. The van der Waals surface area contributed by atoms with Crippen molar-refractivity contribution in [2.45, 2.75) is 13.0 Å². The summed E-state index contributed by atoms with van der Waals surface area (Å²) >= 11 is 3.52. The summed E-state index contributed by atoms with van der Waals surface area (Å²) in [5, 5.41) is 0. The van der Waals surface area contributed by atoms with Crippen LogP contribution in [0.1, 0.15) is 18.5 Å².